The van der Waals surface area contributed by atoms with Gasteiger partial charge in [0.05, 0.1) is 23.4 Å². The van der Waals surface area contributed by atoms with E-state index in [-0.39, 0.29) is 18.7 Å². The van der Waals surface area contributed by atoms with Crippen molar-refractivity contribution >= 4 is 26.6 Å². The van der Waals surface area contributed by atoms with Crippen molar-refractivity contribution in [2.45, 2.75) is 23.3 Å². The average molecular weight is 393 g/mol. The maximum Gasteiger partial charge on any atom is 0.243 e. The molecule has 5 rings (SSSR count). The van der Waals surface area contributed by atoms with Crippen LogP contribution in [0.25, 0.3) is 10.8 Å². The molecule has 3 aromatic rings. The molecule has 1 spiro atoms. The summed E-state index contributed by atoms with van der Waals surface area (Å²) in [6.45, 7) is 0.514. The highest BCUT2D eigenvalue weighted by molar-refractivity contribution is 7.89. The number of hydrogen-bond donors (Lipinski definition) is 0. The Labute approximate surface area is 163 Å². The van der Waals surface area contributed by atoms with E-state index in [1.807, 2.05) is 42.5 Å². The normalized spacial score (nSPS) is 22.4. The predicted molar refractivity (Wildman–Crippen MR) is 106 cm³/mol. The van der Waals surface area contributed by atoms with Crippen molar-refractivity contribution < 1.29 is 17.9 Å². The lowest BCUT2D eigenvalue weighted by Crippen LogP contribution is -2.45. The van der Waals surface area contributed by atoms with Crippen LogP contribution in [0.4, 0.5) is 0 Å². The lowest BCUT2D eigenvalue weighted by atomic mass is 9.89. The summed E-state index contributed by atoms with van der Waals surface area (Å²) in [5, 5.41) is 1.59. The van der Waals surface area contributed by atoms with Crippen molar-refractivity contribution in [3.8, 4) is 5.75 Å². The Bertz CT molecular complexity index is 1200. The number of carbonyl (C=O) groups is 1. The van der Waals surface area contributed by atoms with Crippen molar-refractivity contribution in [2.75, 3.05) is 13.1 Å². The molecule has 2 aliphatic heterocycles. The molecular formula is C22H19NO4S. The number of ketones is 1. The molecule has 28 heavy (non-hydrogen) atoms. The number of para-hydroxylation sites is 1. The van der Waals surface area contributed by atoms with Crippen molar-refractivity contribution in [1.82, 2.24) is 4.31 Å². The fourth-order valence-electron chi connectivity index (χ4n) is 4.24. The van der Waals surface area contributed by atoms with Gasteiger partial charge < -0.3 is 4.74 Å². The molecule has 1 atom stereocenters. The zero-order chi connectivity index (χ0) is 19.4. The monoisotopic (exact) mass is 393 g/mol. The highest BCUT2D eigenvalue weighted by Crippen LogP contribution is 2.40. The quantitative estimate of drug-likeness (QED) is 0.667. The number of nitrogens with zero attached hydrogens (tertiary/aromatic N) is 1. The molecule has 142 valence electrons. The molecule has 1 fully saturated rings. The molecule has 0 saturated carbocycles. The predicted octanol–water partition coefficient (Wildman–Crippen LogP) is 3.64. The fraction of sp³-hybridized carbons (Fsp3) is 0.227. The molecule has 1 saturated heterocycles. The Morgan fingerprint density at radius 2 is 1.68 bits per heavy atom. The summed E-state index contributed by atoms with van der Waals surface area (Å²) in [5.41, 5.74) is -0.216. The minimum absolute atomic E-state index is 0.00580. The minimum Gasteiger partial charge on any atom is -0.485 e. The van der Waals surface area contributed by atoms with E-state index in [1.54, 1.807) is 24.3 Å². The van der Waals surface area contributed by atoms with Crippen LogP contribution in [0.1, 0.15) is 23.2 Å². The highest BCUT2D eigenvalue weighted by Gasteiger charge is 2.49. The van der Waals surface area contributed by atoms with E-state index in [2.05, 4.69) is 0 Å². The van der Waals surface area contributed by atoms with Crippen LogP contribution in [0.5, 0.6) is 5.75 Å². The molecule has 6 heteroatoms. The van der Waals surface area contributed by atoms with Crippen LogP contribution in [0.2, 0.25) is 0 Å². The van der Waals surface area contributed by atoms with E-state index in [4.69, 9.17) is 4.74 Å². The van der Waals surface area contributed by atoms with Crippen LogP contribution in [0.15, 0.2) is 71.6 Å². The van der Waals surface area contributed by atoms with Crippen LogP contribution in [-0.4, -0.2) is 37.2 Å². The summed E-state index contributed by atoms with van der Waals surface area (Å²) < 4.78 is 34.4. The van der Waals surface area contributed by atoms with E-state index in [0.29, 0.717) is 34.6 Å². The molecule has 0 aromatic heterocycles. The largest absolute Gasteiger partial charge is 0.485 e. The lowest BCUT2D eigenvalue weighted by molar-refractivity contribution is 0.0498. The molecule has 2 heterocycles. The first-order valence-corrected chi connectivity index (χ1v) is 10.7. The number of fused-ring (bicyclic) bond motifs is 2. The van der Waals surface area contributed by atoms with Crippen molar-refractivity contribution in [3.05, 3.63) is 72.3 Å². The van der Waals surface area contributed by atoms with Crippen molar-refractivity contribution in [3.63, 3.8) is 0 Å². The van der Waals surface area contributed by atoms with Crippen molar-refractivity contribution in [2.24, 2.45) is 0 Å². The summed E-state index contributed by atoms with van der Waals surface area (Å²) in [6.07, 6.45) is 0.697. The third-order valence-corrected chi connectivity index (χ3v) is 7.55. The number of benzene rings is 3. The zero-order valence-corrected chi connectivity index (χ0v) is 16.0. The first-order chi connectivity index (χ1) is 13.5. The number of rotatable bonds is 2. The molecule has 0 amide bonds. The van der Waals surface area contributed by atoms with Gasteiger partial charge in [0.15, 0.2) is 5.78 Å². The van der Waals surface area contributed by atoms with E-state index in [0.717, 1.165) is 5.39 Å². The standard InChI is InChI=1S/C22H19NO4S/c24-19-14-22(27-20-10-4-3-9-18(19)20)12-13-23(15-22)28(25,26)21-11-5-7-16-6-1-2-8-17(16)21/h1-11H,12-15H2. The Kier molecular flexibility index (Phi) is 3.82. The summed E-state index contributed by atoms with van der Waals surface area (Å²) >= 11 is 0. The second kappa shape index (κ2) is 6.15. The second-order valence-corrected chi connectivity index (χ2v) is 9.35. The topological polar surface area (TPSA) is 63.7 Å². The first-order valence-electron chi connectivity index (χ1n) is 9.28. The first kappa shape index (κ1) is 17.4. The smallest absolute Gasteiger partial charge is 0.243 e. The van der Waals surface area contributed by atoms with E-state index >= 15 is 0 Å². The van der Waals surface area contributed by atoms with Gasteiger partial charge in [0.2, 0.25) is 10.0 Å². The van der Waals surface area contributed by atoms with Crippen LogP contribution < -0.4 is 4.74 Å². The summed E-state index contributed by atoms with van der Waals surface area (Å²) in [6, 6.07) is 19.9. The van der Waals surface area contributed by atoms with Gasteiger partial charge in [0.1, 0.15) is 11.4 Å². The van der Waals surface area contributed by atoms with Crippen LogP contribution in [0.3, 0.4) is 0 Å². The SMILES string of the molecule is O=C1CC2(CCN(S(=O)(=O)c3cccc4ccccc34)C2)Oc2ccccc21. The highest BCUT2D eigenvalue weighted by atomic mass is 32.2. The van der Waals surface area contributed by atoms with Gasteiger partial charge in [0, 0.05) is 18.4 Å². The van der Waals surface area contributed by atoms with Gasteiger partial charge in [-0.15, -0.1) is 0 Å². The molecule has 0 aliphatic carbocycles. The van der Waals surface area contributed by atoms with Crippen LogP contribution >= 0.6 is 0 Å². The summed E-state index contributed by atoms with van der Waals surface area (Å²) in [7, 11) is -3.69. The third kappa shape index (κ3) is 2.64. The summed E-state index contributed by atoms with van der Waals surface area (Å²) in [4.78, 5) is 12.9. The van der Waals surface area contributed by atoms with Gasteiger partial charge in [-0.1, -0.05) is 48.5 Å². The molecule has 0 bridgehead atoms. The number of sulfonamides is 1. The third-order valence-electron chi connectivity index (χ3n) is 5.65. The maximum atomic E-state index is 13.4. The van der Waals surface area contributed by atoms with Gasteiger partial charge in [0.25, 0.3) is 0 Å². The Morgan fingerprint density at radius 3 is 2.57 bits per heavy atom. The van der Waals surface area contributed by atoms with Crippen LogP contribution in [-0.2, 0) is 10.0 Å². The molecule has 5 nitrogen and oxygen atoms in total. The van der Waals surface area contributed by atoms with Gasteiger partial charge in [-0.3, -0.25) is 4.79 Å². The van der Waals surface area contributed by atoms with E-state index in [9.17, 15) is 13.2 Å². The second-order valence-electron chi connectivity index (χ2n) is 7.45. The molecule has 2 aliphatic rings. The molecule has 3 aromatic carbocycles. The van der Waals surface area contributed by atoms with Gasteiger partial charge in [-0.2, -0.15) is 4.31 Å². The molecular weight excluding hydrogens is 374 g/mol. The van der Waals surface area contributed by atoms with Crippen LogP contribution in [0, 0.1) is 0 Å². The zero-order valence-electron chi connectivity index (χ0n) is 15.2. The fourth-order valence-corrected chi connectivity index (χ4v) is 5.97. The maximum absolute atomic E-state index is 13.4. The Morgan fingerprint density at radius 1 is 0.929 bits per heavy atom. The summed E-state index contributed by atoms with van der Waals surface area (Å²) in [5.74, 6) is 0.550. The Hall–Kier alpha value is -2.70. The number of ether oxygens (including phenoxy) is 1. The molecule has 0 radical (unpaired) electrons. The molecule has 0 N–H and O–H groups in total. The average Bonchev–Trinajstić information content (AvgIpc) is 3.11. The van der Waals surface area contributed by atoms with E-state index in [1.165, 1.54) is 4.31 Å². The number of carbonyl (C=O) groups excluding carboxylic acids is 1. The number of Topliss-reactive ketones (excluding diaryl/α,β-unsaturated/α-hetero) is 1. The van der Waals surface area contributed by atoms with E-state index < -0.39 is 15.6 Å². The van der Waals surface area contributed by atoms with Gasteiger partial charge >= 0.3 is 0 Å². The Balaban J connectivity index is 1.50. The lowest BCUT2D eigenvalue weighted by Gasteiger charge is -2.34. The van der Waals surface area contributed by atoms with Gasteiger partial charge in [-0.25, -0.2) is 8.42 Å². The van der Waals surface area contributed by atoms with Crippen molar-refractivity contribution in [1.29, 1.82) is 0 Å². The number of hydrogen-bond acceptors (Lipinski definition) is 4. The molecule has 1 unspecified atom stereocenters. The minimum atomic E-state index is -3.69. The van der Waals surface area contributed by atoms with Gasteiger partial charge in [-0.05, 0) is 23.6 Å².